The van der Waals surface area contributed by atoms with Gasteiger partial charge in [0, 0.05) is 19.3 Å². The minimum Gasteiger partial charge on any atom is -0.462 e. The third-order valence-electron chi connectivity index (χ3n) is 9.94. The summed E-state index contributed by atoms with van der Waals surface area (Å²) in [6.07, 6.45) is 88.2. The van der Waals surface area contributed by atoms with E-state index in [1.165, 1.54) is 0 Å². The lowest BCUT2D eigenvalue weighted by atomic mass is 10.1. The van der Waals surface area contributed by atoms with Gasteiger partial charge in [0.05, 0.1) is 0 Å². The van der Waals surface area contributed by atoms with Crippen LogP contribution in [0.15, 0.2) is 207 Å². The molecular weight excluding hydrogens is 877 g/mol. The minimum atomic E-state index is -0.870. The maximum atomic E-state index is 12.8. The summed E-state index contributed by atoms with van der Waals surface area (Å²) in [4.78, 5) is 38.0. The molecule has 0 rings (SSSR count). The Hall–Kier alpha value is -6.01. The van der Waals surface area contributed by atoms with Gasteiger partial charge in [0.2, 0.25) is 0 Å². The molecule has 0 aromatic rings. The number of unbranched alkanes of at least 4 members (excludes halogenated alkanes) is 4. The Bertz CT molecular complexity index is 1830. The fourth-order valence-corrected chi connectivity index (χ4v) is 6.06. The Morgan fingerprint density at radius 2 is 0.620 bits per heavy atom. The van der Waals surface area contributed by atoms with Crippen molar-refractivity contribution >= 4 is 17.9 Å². The third kappa shape index (κ3) is 54.8. The lowest BCUT2D eigenvalue weighted by Crippen LogP contribution is -2.30. The van der Waals surface area contributed by atoms with Crippen LogP contribution in [0.2, 0.25) is 0 Å². The number of carbonyl (C=O) groups is 3. The highest BCUT2D eigenvalue weighted by Crippen LogP contribution is 2.09. The van der Waals surface area contributed by atoms with Crippen molar-refractivity contribution in [1.82, 2.24) is 0 Å². The molecule has 0 aliphatic rings. The van der Waals surface area contributed by atoms with Crippen molar-refractivity contribution in [3.8, 4) is 0 Å². The van der Waals surface area contributed by atoms with E-state index in [-0.39, 0.29) is 38.4 Å². The van der Waals surface area contributed by atoms with Crippen molar-refractivity contribution in [3.63, 3.8) is 0 Å². The molecule has 0 saturated carbocycles. The van der Waals surface area contributed by atoms with Crippen LogP contribution in [-0.2, 0) is 28.6 Å². The summed E-state index contributed by atoms with van der Waals surface area (Å²) in [6, 6.07) is 0. The molecule has 0 aromatic carbocycles. The van der Waals surface area contributed by atoms with E-state index >= 15 is 0 Å². The Balaban J connectivity index is 4.74. The van der Waals surface area contributed by atoms with Crippen molar-refractivity contribution in [1.29, 1.82) is 0 Å². The van der Waals surface area contributed by atoms with E-state index < -0.39 is 18.0 Å². The third-order valence-corrected chi connectivity index (χ3v) is 9.94. The van der Waals surface area contributed by atoms with Crippen LogP contribution in [0.25, 0.3) is 0 Å². The zero-order chi connectivity index (χ0) is 51.4. The first-order chi connectivity index (χ1) is 35.0. The van der Waals surface area contributed by atoms with Gasteiger partial charge in [-0.25, -0.2) is 0 Å². The first-order valence-corrected chi connectivity index (χ1v) is 26.7. The van der Waals surface area contributed by atoms with Crippen LogP contribution in [-0.4, -0.2) is 37.2 Å². The quantitative estimate of drug-likeness (QED) is 0.0199. The van der Waals surface area contributed by atoms with E-state index in [9.17, 15) is 14.4 Å². The highest BCUT2D eigenvalue weighted by molar-refractivity contribution is 5.71. The van der Waals surface area contributed by atoms with Gasteiger partial charge < -0.3 is 14.2 Å². The van der Waals surface area contributed by atoms with Crippen molar-refractivity contribution in [2.75, 3.05) is 13.2 Å². The second-order valence-corrected chi connectivity index (χ2v) is 16.4. The number of carbonyl (C=O) groups excluding carboxylic acids is 3. The topological polar surface area (TPSA) is 78.9 Å². The van der Waals surface area contributed by atoms with E-state index in [4.69, 9.17) is 14.2 Å². The molecule has 0 amide bonds. The SMILES string of the molecule is CC\C=C/C=C\C=C/C=C\C=C\C=C/CCCCCC(=O)OC(COC(=O)CC/C=C\C/C=C\C/C=C\C/C=C\C/C=C\C/C=C\CC)COC(=O)CCC/C=C\C/C=C\C/C=C\C/C=C\C/C=C\CC. The fourth-order valence-electron chi connectivity index (χ4n) is 6.06. The van der Waals surface area contributed by atoms with E-state index in [2.05, 4.69) is 154 Å². The van der Waals surface area contributed by atoms with Crippen LogP contribution < -0.4 is 0 Å². The smallest absolute Gasteiger partial charge is 0.306 e. The summed E-state index contributed by atoms with van der Waals surface area (Å²) in [5.74, 6) is -1.17. The van der Waals surface area contributed by atoms with Crippen LogP contribution in [0.5, 0.6) is 0 Å². The molecule has 0 bridgehead atoms. The summed E-state index contributed by atoms with van der Waals surface area (Å²) in [5.41, 5.74) is 0. The molecule has 6 heteroatoms. The number of allylic oxidation sites excluding steroid dienone is 34. The molecule has 0 saturated heterocycles. The molecule has 1 atom stereocenters. The minimum absolute atomic E-state index is 0.163. The van der Waals surface area contributed by atoms with Crippen molar-refractivity contribution in [3.05, 3.63) is 207 Å². The Kier molecular flexibility index (Phi) is 51.8. The van der Waals surface area contributed by atoms with Crippen molar-refractivity contribution in [2.45, 2.75) is 168 Å². The van der Waals surface area contributed by atoms with Gasteiger partial charge >= 0.3 is 17.9 Å². The van der Waals surface area contributed by atoms with Gasteiger partial charge in [-0.05, 0) is 116 Å². The molecule has 0 fully saturated rings. The molecule has 0 aliphatic carbocycles. The molecule has 388 valence electrons. The highest BCUT2D eigenvalue weighted by atomic mass is 16.6. The van der Waals surface area contributed by atoms with Gasteiger partial charge in [0.1, 0.15) is 13.2 Å². The van der Waals surface area contributed by atoms with Crippen molar-refractivity contribution < 1.29 is 28.6 Å². The van der Waals surface area contributed by atoms with Gasteiger partial charge in [0.25, 0.3) is 0 Å². The average Bonchev–Trinajstić information content (AvgIpc) is 3.37. The van der Waals surface area contributed by atoms with E-state index in [0.29, 0.717) is 19.3 Å². The van der Waals surface area contributed by atoms with Crippen molar-refractivity contribution in [2.24, 2.45) is 0 Å². The maximum absolute atomic E-state index is 12.8. The molecule has 0 spiro atoms. The average molecular weight is 969 g/mol. The maximum Gasteiger partial charge on any atom is 0.306 e. The summed E-state index contributed by atoms with van der Waals surface area (Å²) in [7, 11) is 0. The van der Waals surface area contributed by atoms with Crippen LogP contribution in [0.3, 0.4) is 0 Å². The monoisotopic (exact) mass is 969 g/mol. The van der Waals surface area contributed by atoms with Crippen LogP contribution in [0, 0.1) is 0 Å². The number of ether oxygens (including phenoxy) is 3. The van der Waals surface area contributed by atoms with E-state index in [0.717, 1.165) is 103 Å². The lowest BCUT2D eigenvalue weighted by molar-refractivity contribution is -0.166. The Labute approximate surface area is 432 Å². The number of hydrogen-bond donors (Lipinski definition) is 0. The molecule has 0 aliphatic heterocycles. The predicted molar refractivity (Wildman–Crippen MR) is 306 cm³/mol. The molecule has 1 unspecified atom stereocenters. The van der Waals surface area contributed by atoms with Crippen LogP contribution in [0.4, 0.5) is 0 Å². The predicted octanol–water partition coefficient (Wildman–Crippen LogP) is 18.1. The summed E-state index contributed by atoms with van der Waals surface area (Å²) in [6.45, 7) is 6.07. The van der Waals surface area contributed by atoms with Gasteiger partial charge in [-0.2, -0.15) is 0 Å². The molecule has 0 N–H and O–H groups in total. The largest absolute Gasteiger partial charge is 0.462 e. The standard InChI is InChI=1S/C65H92O6/c1-4-7-10-13-16-19-22-25-28-31-32-35-37-40-43-46-49-52-55-58-64(67)70-61-62(71-65(68)59-56-53-50-47-44-41-38-34-30-27-24-21-18-15-12-9-6-3)60-69-63(66)57-54-51-48-45-42-39-36-33-29-26-23-20-17-14-11-8-5-2/h7-12,15-21,24-30,32,34-36,38-41,43-45,48-49,52,62H,4-6,13-14,22-23,31,33,37,42,46-47,50-51,53-61H2,1-3H3/b10-7-,11-8-,12-9-,18-15-,19-16-,20-17-,24-21-,28-25-,29-26-,30-27-,35-32-,38-34+,39-36-,43-40-,44-41-,48-45-,52-49-. The van der Waals surface area contributed by atoms with Gasteiger partial charge in [-0.15, -0.1) is 0 Å². The molecule has 0 aromatic heterocycles. The molecule has 6 nitrogen and oxygen atoms in total. The second-order valence-electron chi connectivity index (χ2n) is 16.4. The Morgan fingerprint density at radius 3 is 1.04 bits per heavy atom. The summed E-state index contributed by atoms with van der Waals surface area (Å²) < 4.78 is 16.7. The highest BCUT2D eigenvalue weighted by Gasteiger charge is 2.19. The lowest BCUT2D eigenvalue weighted by Gasteiger charge is -2.18. The number of esters is 3. The molecular formula is C65H92O6. The van der Waals surface area contributed by atoms with E-state index in [1.807, 2.05) is 72.9 Å². The molecule has 0 heterocycles. The first-order valence-electron chi connectivity index (χ1n) is 26.7. The summed E-state index contributed by atoms with van der Waals surface area (Å²) >= 11 is 0. The van der Waals surface area contributed by atoms with Gasteiger partial charge in [-0.1, -0.05) is 234 Å². The number of rotatable bonds is 44. The first kappa shape index (κ1) is 65.0. The van der Waals surface area contributed by atoms with E-state index in [1.54, 1.807) is 0 Å². The number of hydrogen-bond acceptors (Lipinski definition) is 6. The fraction of sp³-hybridized carbons (Fsp3) is 0.431. The molecule has 71 heavy (non-hydrogen) atoms. The van der Waals surface area contributed by atoms with Crippen LogP contribution >= 0.6 is 0 Å². The normalized spacial score (nSPS) is 13.8. The zero-order valence-electron chi connectivity index (χ0n) is 44.1. The van der Waals surface area contributed by atoms with Gasteiger partial charge in [-0.3, -0.25) is 14.4 Å². The van der Waals surface area contributed by atoms with Gasteiger partial charge in [0.15, 0.2) is 6.10 Å². The molecule has 0 radical (unpaired) electrons. The second kappa shape index (κ2) is 56.6. The van der Waals surface area contributed by atoms with Crippen LogP contribution in [0.1, 0.15) is 162 Å². The zero-order valence-corrected chi connectivity index (χ0v) is 44.1. The Morgan fingerprint density at radius 1 is 0.296 bits per heavy atom. The summed E-state index contributed by atoms with van der Waals surface area (Å²) in [5, 5.41) is 0.